The average Bonchev–Trinajstić information content (AvgIpc) is 2.96. The summed E-state index contributed by atoms with van der Waals surface area (Å²) in [6.07, 6.45) is 7.00. The van der Waals surface area contributed by atoms with Crippen molar-refractivity contribution in [2.24, 2.45) is 0 Å². The van der Waals surface area contributed by atoms with E-state index in [2.05, 4.69) is 22.6 Å². The highest BCUT2D eigenvalue weighted by Gasteiger charge is 2.29. The van der Waals surface area contributed by atoms with Gasteiger partial charge < -0.3 is 10.4 Å². The van der Waals surface area contributed by atoms with E-state index in [0.717, 1.165) is 38.6 Å². The number of amides is 1. The van der Waals surface area contributed by atoms with Crippen molar-refractivity contribution < 1.29 is 9.90 Å². The smallest absolute Gasteiger partial charge is 0.234 e. The summed E-state index contributed by atoms with van der Waals surface area (Å²) in [5.74, 6) is 0.0651. The second-order valence-corrected chi connectivity index (χ2v) is 6.11. The number of carbonyl (C=O) groups is 1. The van der Waals surface area contributed by atoms with Gasteiger partial charge in [-0.2, -0.15) is 0 Å². The molecule has 1 aromatic heterocycles. The molecular weight excluding hydrogens is 282 g/mol. The molecule has 22 heavy (non-hydrogen) atoms. The maximum absolute atomic E-state index is 12.2. The fourth-order valence-electron chi connectivity index (χ4n) is 3.10. The summed E-state index contributed by atoms with van der Waals surface area (Å²) in [7, 11) is 1.96. The van der Waals surface area contributed by atoms with Gasteiger partial charge in [-0.05, 0) is 32.9 Å². The van der Waals surface area contributed by atoms with Crippen molar-refractivity contribution in [2.45, 2.75) is 57.7 Å². The molecule has 0 spiro atoms. The van der Waals surface area contributed by atoms with Gasteiger partial charge in [-0.3, -0.25) is 9.69 Å². The lowest BCUT2D eigenvalue weighted by Crippen LogP contribution is -2.46. The van der Waals surface area contributed by atoms with Gasteiger partial charge in [-0.15, -0.1) is 5.10 Å². The van der Waals surface area contributed by atoms with E-state index in [4.69, 9.17) is 5.11 Å². The normalized spacial score (nSPS) is 22.0. The number of aliphatic hydroxyl groups is 1. The van der Waals surface area contributed by atoms with Gasteiger partial charge >= 0.3 is 0 Å². The van der Waals surface area contributed by atoms with Crippen molar-refractivity contribution in [3.05, 3.63) is 11.9 Å². The molecule has 1 aromatic rings. The van der Waals surface area contributed by atoms with Gasteiger partial charge in [0.1, 0.15) is 5.69 Å². The Kier molecular flexibility index (Phi) is 6.33. The van der Waals surface area contributed by atoms with Crippen LogP contribution in [0.5, 0.6) is 0 Å². The molecule has 2 rings (SSSR count). The molecule has 1 aliphatic carbocycles. The van der Waals surface area contributed by atoms with Crippen LogP contribution in [0, 0.1) is 0 Å². The standard InChI is InChI=1S/C15H27N5O2/c1-3-8-19(2)10-15(22)16-13-6-4-5-7-14(13)20-9-12(11-21)17-18-20/h9,13-14,21H,3-8,10-11H2,1-2H3,(H,16,22)/t13-,14+/m0/s1. The Balaban J connectivity index is 1.96. The van der Waals surface area contributed by atoms with Crippen LogP contribution in [-0.4, -0.2) is 57.1 Å². The third kappa shape index (κ3) is 4.51. The number of nitrogens with zero attached hydrogens (tertiary/aromatic N) is 4. The lowest BCUT2D eigenvalue weighted by molar-refractivity contribution is -0.123. The molecule has 7 nitrogen and oxygen atoms in total. The first kappa shape index (κ1) is 16.9. The molecule has 0 unspecified atom stereocenters. The summed E-state index contributed by atoms with van der Waals surface area (Å²) in [6.45, 7) is 3.35. The summed E-state index contributed by atoms with van der Waals surface area (Å²) in [5, 5.41) is 20.3. The van der Waals surface area contributed by atoms with E-state index in [0.29, 0.717) is 12.2 Å². The van der Waals surface area contributed by atoms with Crippen molar-refractivity contribution in [1.82, 2.24) is 25.2 Å². The predicted molar refractivity (Wildman–Crippen MR) is 83.2 cm³/mol. The molecule has 0 aliphatic heterocycles. The van der Waals surface area contributed by atoms with Crippen molar-refractivity contribution in [2.75, 3.05) is 20.1 Å². The number of hydrogen-bond donors (Lipinski definition) is 2. The molecule has 2 N–H and O–H groups in total. The van der Waals surface area contributed by atoms with Gasteiger partial charge in [-0.25, -0.2) is 4.68 Å². The second kappa shape index (κ2) is 8.24. The number of likely N-dealkylation sites (N-methyl/N-ethyl adjacent to an activating group) is 1. The minimum absolute atomic E-state index is 0.0651. The van der Waals surface area contributed by atoms with Crippen LogP contribution in [0.15, 0.2) is 6.20 Å². The topological polar surface area (TPSA) is 83.3 Å². The first-order chi connectivity index (χ1) is 10.6. The molecule has 7 heteroatoms. The lowest BCUT2D eigenvalue weighted by atomic mass is 9.90. The largest absolute Gasteiger partial charge is 0.390 e. The SMILES string of the molecule is CCCN(C)CC(=O)N[C@H]1CCCC[C@H]1n1cc(CO)nn1. The van der Waals surface area contributed by atoms with E-state index >= 15 is 0 Å². The summed E-state index contributed by atoms with van der Waals surface area (Å²) in [4.78, 5) is 14.2. The van der Waals surface area contributed by atoms with Crippen molar-refractivity contribution in [3.8, 4) is 0 Å². The van der Waals surface area contributed by atoms with Crippen molar-refractivity contribution in [3.63, 3.8) is 0 Å². The number of nitrogens with one attached hydrogen (secondary N) is 1. The Morgan fingerprint density at radius 3 is 2.95 bits per heavy atom. The van der Waals surface area contributed by atoms with E-state index in [-0.39, 0.29) is 24.6 Å². The van der Waals surface area contributed by atoms with Crippen molar-refractivity contribution in [1.29, 1.82) is 0 Å². The number of aliphatic hydroxyl groups excluding tert-OH is 1. The molecule has 0 saturated heterocycles. The molecule has 0 aromatic carbocycles. The van der Waals surface area contributed by atoms with E-state index in [1.807, 2.05) is 11.9 Å². The molecule has 1 saturated carbocycles. The summed E-state index contributed by atoms with van der Waals surface area (Å²) >= 11 is 0. The van der Waals surface area contributed by atoms with Gasteiger partial charge in [0, 0.05) is 0 Å². The second-order valence-electron chi connectivity index (χ2n) is 6.11. The quantitative estimate of drug-likeness (QED) is 0.775. The highest BCUT2D eigenvalue weighted by atomic mass is 16.3. The summed E-state index contributed by atoms with van der Waals surface area (Å²) in [6, 6.07) is 0.214. The summed E-state index contributed by atoms with van der Waals surface area (Å²) < 4.78 is 1.80. The van der Waals surface area contributed by atoms with Crippen LogP contribution in [-0.2, 0) is 11.4 Å². The molecule has 2 atom stereocenters. The first-order valence-corrected chi connectivity index (χ1v) is 8.13. The molecule has 0 bridgehead atoms. The van der Waals surface area contributed by atoms with Gasteiger partial charge in [-0.1, -0.05) is 25.0 Å². The molecule has 0 radical (unpaired) electrons. The van der Waals surface area contributed by atoms with Gasteiger partial charge in [0.15, 0.2) is 0 Å². The molecule has 1 aliphatic rings. The number of carbonyl (C=O) groups excluding carboxylic acids is 1. The lowest BCUT2D eigenvalue weighted by Gasteiger charge is -2.32. The van der Waals surface area contributed by atoms with E-state index in [9.17, 15) is 4.79 Å². The third-order valence-electron chi connectivity index (χ3n) is 4.15. The Morgan fingerprint density at radius 2 is 2.27 bits per heavy atom. The van der Waals surface area contributed by atoms with Crippen LogP contribution >= 0.6 is 0 Å². The highest BCUT2D eigenvalue weighted by Crippen LogP contribution is 2.28. The minimum Gasteiger partial charge on any atom is -0.390 e. The number of aromatic nitrogens is 3. The third-order valence-corrected chi connectivity index (χ3v) is 4.15. The van der Waals surface area contributed by atoms with Crippen LogP contribution < -0.4 is 5.32 Å². The van der Waals surface area contributed by atoms with E-state index < -0.39 is 0 Å². The van der Waals surface area contributed by atoms with Crippen LogP contribution in [0.25, 0.3) is 0 Å². The van der Waals surface area contributed by atoms with Crippen LogP contribution in [0.3, 0.4) is 0 Å². The van der Waals surface area contributed by atoms with Crippen LogP contribution in [0.1, 0.15) is 50.8 Å². The monoisotopic (exact) mass is 309 g/mol. The zero-order valence-corrected chi connectivity index (χ0v) is 13.5. The Bertz CT molecular complexity index is 476. The first-order valence-electron chi connectivity index (χ1n) is 8.13. The minimum atomic E-state index is -0.106. The maximum Gasteiger partial charge on any atom is 0.234 e. The van der Waals surface area contributed by atoms with Crippen LogP contribution in [0.2, 0.25) is 0 Å². The average molecular weight is 309 g/mol. The highest BCUT2D eigenvalue weighted by molar-refractivity contribution is 5.78. The molecule has 1 amide bonds. The molecule has 1 fully saturated rings. The molecular formula is C15H27N5O2. The predicted octanol–water partition coefficient (Wildman–Crippen LogP) is 0.712. The fraction of sp³-hybridized carbons (Fsp3) is 0.800. The Hall–Kier alpha value is -1.47. The Morgan fingerprint density at radius 1 is 1.50 bits per heavy atom. The maximum atomic E-state index is 12.2. The van der Waals surface area contributed by atoms with E-state index in [1.54, 1.807) is 10.9 Å². The molecule has 124 valence electrons. The fourth-order valence-corrected chi connectivity index (χ4v) is 3.10. The van der Waals surface area contributed by atoms with Gasteiger partial charge in [0.05, 0.1) is 31.4 Å². The Labute approximate surface area is 131 Å². The number of rotatable bonds is 7. The molecule has 1 heterocycles. The van der Waals surface area contributed by atoms with Gasteiger partial charge in [0.2, 0.25) is 5.91 Å². The zero-order chi connectivity index (χ0) is 15.9. The van der Waals surface area contributed by atoms with Crippen LogP contribution in [0.4, 0.5) is 0 Å². The van der Waals surface area contributed by atoms with E-state index in [1.165, 1.54) is 0 Å². The number of hydrogen-bond acceptors (Lipinski definition) is 5. The zero-order valence-electron chi connectivity index (χ0n) is 13.5. The van der Waals surface area contributed by atoms with Gasteiger partial charge in [0.25, 0.3) is 0 Å². The van der Waals surface area contributed by atoms with Crippen molar-refractivity contribution >= 4 is 5.91 Å². The summed E-state index contributed by atoms with van der Waals surface area (Å²) in [5.41, 5.74) is 0.568.